The zero-order chi connectivity index (χ0) is 8.19. The summed E-state index contributed by atoms with van der Waals surface area (Å²) in [7, 11) is -3.17. The molecule has 3 bridgehead atoms. The summed E-state index contributed by atoms with van der Waals surface area (Å²) in [5, 5.41) is 0. The highest BCUT2D eigenvalue weighted by Crippen LogP contribution is 2.79. The van der Waals surface area contributed by atoms with E-state index in [-0.39, 0.29) is 6.10 Å². The fourth-order valence-corrected chi connectivity index (χ4v) is 6.56. The maximum atomic E-state index is 11.6. The van der Waals surface area contributed by atoms with Crippen LogP contribution in [0.1, 0.15) is 25.7 Å². The van der Waals surface area contributed by atoms with E-state index in [4.69, 9.17) is 4.18 Å². The van der Waals surface area contributed by atoms with Gasteiger partial charge in [0.1, 0.15) is 4.75 Å². The molecule has 0 aromatic carbocycles. The highest BCUT2D eigenvalue weighted by Gasteiger charge is 2.82. The Morgan fingerprint density at radius 3 is 2.50 bits per heavy atom. The Balaban J connectivity index is 2.07. The molecule has 4 saturated carbocycles. The molecule has 2 spiro atoms. The Morgan fingerprint density at radius 2 is 2.00 bits per heavy atom. The molecule has 1 saturated heterocycles. The predicted octanol–water partition coefficient (Wildman–Crippen LogP) is 0.658. The second-order valence-corrected chi connectivity index (χ2v) is 6.94. The van der Waals surface area contributed by atoms with Gasteiger partial charge in [-0.2, -0.15) is 8.42 Å². The summed E-state index contributed by atoms with van der Waals surface area (Å²) in [6, 6.07) is 0. The first-order valence-corrected chi connectivity index (χ1v) is 5.91. The predicted molar refractivity (Wildman–Crippen MR) is 40.9 cm³/mol. The van der Waals surface area contributed by atoms with Crippen molar-refractivity contribution in [2.75, 3.05) is 0 Å². The molecule has 0 aromatic rings. The Bertz CT molecular complexity index is 373. The van der Waals surface area contributed by atoms with Gasteiger partial charge in [-0.3, -0.25) is 4.18 Å². The first-order chi connectivity index (χ1) is 5.57. The van der Waals surface area contributed by atoms with Gasteiger partial charge in [0.25, 0.3) is 10.1 Å². The quantitative estimate of drug-likeness (QED) is 0.522. The summed E-state index contributed by atoms with van der Waals surface area (Å²) >= 11 is 0. The SMILES string of the molecule is O=S1(=O)OC2CC34CC2C1(C3)C4. The molecule has 1 aliphatic heterocycles. The lowest BCUT2D eigenvalue weighted by Gasteiger charge is -2.46. The average Bonchev–Trinajstić information content (AvgIpc) is 2.43. The van der Waals surface area contributed by atoms with Gasteiger partial charge in [0.05, 0.1) is 6.10 Å². The van der Waals surface area contributed by atoms with Crippen LogP contribution >= 0.6 is 0 Å². The van der Waals surface area contributed by atoms with E-state index < -0.39 is 14.9 Å². The fraction of sp³-hybridized carbons (Fsp3) is 1.00. The van der Waals surface area contributed by atoms with Gasteiger partial charge in [-0.25, -0.2) is 0 Å². The lowest BCUT2D eigenvalue weighted by Crippen LogP contribution is -2.51. The summed E-state index contributed by atoms with van der Waals surface area (Å²) in [6.07, 6.45) is 4.01. The van der Waals surface area contributed by atoms with Crippen LogP contribution in [-0.2, 0) is 14.3 Å². The molecule has 5 rings (SSSR count). The maximum absolute atomic E-state index is 11.6. The third kappa shape index (κ3) is 0.373. The normalized spacial score (nSPS) is 68.3. The van der Waals surface area contributed by atoms with E-state index in [0.29, 0.717) is 11.3 Å². The van der Waals surface area contributed by atoms with Gasteiger partial charge in [0.2, 0.25) is 0 Å². The van der Waals surface area contributed by atoms with Gasteiger partial charge >= 0.3 is 0 Å². The third-order valence-corrected chi connectivity index (χ3v) is 6.60. The molecular weight excluding hydrogens is 176 g/mol. The van der Waals surface area contributed by atoms with Crippen LogP contribution in [0.2, 0.25) is 0 Å². The second kappa shape index (κ2) is 1.28. The van der Waals surface area contributed by atoms with Gasteiger partial charge < -0.3 is 0 Å². The summed E-state index contributed by atoms with van der Waals surface area (Å²) in [4.78, 5) is 0. The molecule has 5 aliphatic rings. The summed E-state index contributed by atoms with van der Waals surface area (Å²) in [6.45, 7) is 0. The van der Waals surface area contributed by atoms with Crippen molar-refractivity contribution in [3.8, 4) is 0 Å². The first kappa shape index (κ1) is 6.38. The van der Waals surface area contributed by atoms with Crippen LogP contribution in [0.4, 0.5) is 0 Å². The van der Waals surface area contributed by atoms with Crippen LogP contribution < -0.4 is 0 Å². The second-order valence-electron chi connectivity index (χ2n) is 5.02. The zero-order valence-corrected chi connectivity index (χ0v) is 7.43. The molecule has 5 fully saturated rings. The van der Waals surface area contributed by atoms with E-state index in [1.54, 1.807) is 0 Å². The highest BCUT2D eigenvalue weighted by molar-refractivity contribution is 7.88. The van der Waals surface area contributed by atoms with Crippen molar-refractivity contribution in [1.82, 2.24) is 0 Å². The van der Waals surface area contributed by atoms with Gasteiger partial charge in [-0.05, 0) is 31.1 Å². The third-order valence-electron chi connectivity index (χ3n) is 4.51. The molecule has 0 radical (unpaired) electrons. The Hall–Kier alpha value is -0.0900. The molecule has 0 N–H and O–H groups in total. The minimum absolute atomic E-state index is 0.0671. The molecule has 0 aromatic heterocycles. The molecule has 3 nitrogen and oxygen atoms in total. The molecule has 2 atom stereocenters. The molecule has 2 unspecified atom stereocenters. The Kier molecular flexibility index (Phi) is 0.681. The minimum atomic E-state index is -3.17. The number of hydrogen-bond acceptors (Lipinski definition) is 3. The molecule has 4 aliphatic carbocycles. The van der Waals surface area contributed by atoms with Crippen LogP contribution in [0.15, 0.2) is 0 Å². The molecule has 1 heterocycles. The van der Waals surface area contributed by atoms with Gasteiger partial charge in [0.15, 0.2) is 0 Å². The topological polar surface area (TPSA) is 43.4 Å². The van der Waals surface area contributed by atoms with Crippen molar-refractivity contribution in [1.29, 1.82) is 0 Å². The van der Waals surface area contributed by atoms with Crippen molar-refractivity contribution in [2.45, 2.75) is 36.5 Å². The molecule has 66 valence electrons. The van der Waals surface area contributed by atoms with Gasteiger partial charge in [-0.1, -0.05) is 0 Å². The Morgan fingerprint density at radius 1 is 1.25 bits per heavy atom. The number of rotatable bonds is 0. The van der Waals surface area contributed by atoms with Crippen molar-refractivity contribution in [2.24, 2.45) is 11.3 Å². The summed E-state index contributed by atoms with van der Waals surface area (Å²) in [5.41, 5.74) is 0.402. The van der Waals surface area contributed by atoms with Crippen molar-refractivity contribution < 1.29 is 12.6 Å². The van der Waals surface area contributed by atoms with E-state index in [1.807, 2.05) is 0 Å². The van der Waals surface area contributed by atoms with Crippen molar-refractivity contribution in [3.63, 3.8) is 0 Å². The van der Waals surface area contributed by atoms with Crippen LogP contribution in [-0.4, -0.2) is 19.3 Å². The van der Waals surface area contributed by atoms with E-state index in [0.717, 1.165) is 25.7 Å². The lowest BCUT2D eigenvalue weighted by molar-refractivity contribution is 0.0730. The van der Waals surface area contributed by atoms with Gasteiger partial charge in [0, 0.05) is 5.92 Å². The van der Waals surface area contributed by atoms with E-state index in [1.165, 1.54) is 0 Å². The molecule has 12 heavy (non-hydrogen) atoms. The standard InChI is InChI=1S/C8H10O3S/c9-12(10)8-3-7(4-8)1-5(8)6(2-7)11-12/h5-6H,1-4H2. The summed E-state index contributed by atoms with van der Waals surface area (Å²) in [5.74, 6) is 0.363. The number of hydrogen-bond donors (Lipinski definition) is 0. The van der Waals surface area contributed by atoms with Crippen molar-refractivity contribution in [3.05, 3.63) is 0 Å². The van der Waals surface area contributed by atoms with Gasteiger partial charge in [-0.15, -0.1) is 0 Å². The van der Waals surface area contributed by atoms with Crippen LogP contribution in [0, 0.1) is 11.3 Å². The van der Waals surface area contributed by atoms with E-state index >= 15 is 0 Å². The zero-order valence-electron chi connectivity index (χ0n) is 6.62. The monoisotopic (exact) mass is 186 g/mol. The van der Waals surface area contributed by atoms with Crippen LogP contribution in [0.25, 0.3) is 0 Å². The minimum Gasteiger partial charge on any atom is -0.266 e. The Labute approximate surface area is 71.2 Å². The van der Waals surface area contributed by atoms with E-state index in [9.17, 15) is 8.42 Å². The average molecular weight is 186 g/mol. The smallest absolute Gasteiger partial charge is 0.266 e. The fourth-order valence-electron chi connectivity index (χ4n) is 4.27. The van der Waals surface area contributed by atoms with E-state index in [2.05, 4.69) is 0 Å². The molecule has 0 amide bonds. The largest absolute Gasteiger partial charge is 0.273 e. The molecular formula is C8H10O3S. The highest BCUT2D eigenvalue weighted by atomic mass is 32.2. The summed E-state index contributed by atoms with van der Waals surface area (Å²) < 4.78 is 28.0. The first-order valence-electron chi connectivity index (χ1n) is 4.50. The molecule has 4 heteroatoms. The van der Waals surface area contributed by atoms with Crippen LogP contribution in [0.5, 0.6) is 0 Å². The van der Waals surface area contributed by atoms with Crippen molar-refractivity contribution >= 4 is 10.1 Å². The van der Waals surface area contributed by atoms with Crippen LogP contribution in [0.3, 0.4) is 0 Å². The lowest BCUT2D eigenvalue weighted by atomic mass is 9.62. The maximum Gasteiger partial charge on any atom is 0.273 e.